The minimum Gasteiger partial charge on any atom is -0.361 e. The number of nitriles is 1. The molecule has 1 heterocycles. The zero-order chi connectivity index (χ0) is 14.5. The van der Waals surface area contributed by atoms with Gasteiger partial charge in [0.05, 0.1) is 12.5 Å². The molecule has 0 spiro atoms. The summed E-state index contributed by atoms with van der Waals surface area (Å²) >= 11 is 0. The van der Waals surface area contributed by atoms with Gasteiger partial charge >= 0.3 is 0 Å². The van der Waals surface area contributed by atoms with Crippen molar-refractivity contribution in [2.24, 2.45) is 0 Å². The van der Waals surface area contributed by atoms with E-state index in [1.165, 1.54) is 5.39 Å². The molecule has 0 radical (unpaired) electrons. The van der Waals surface area contributed by atoms with Crippen LogP contribution in [0.15, 0.2) is 30.5 Å². The van der Waals surface area contributed by atoms with Gasteiger partial charge in [-0.2, -0.15) is 5.26 Å². The highest BCUT2D eigenvalue weighted by Crippen LogP contribution is 2.19. The number of H-pyrrole nitrogens is 1. The largest absolute Gasteiger partial charge is 0.361 e. The first-order valence-corrected chi connectivity index (χ1v) is 6.81. The molecule has 0 aliphatic heterocycles. The van der Waals surface area contributed by atoms with Crippen molar-refractivity contribution in [2.75, 3.05) is 7.05 Å². The molecular formula is C16H19N3O. The van der Waals surface area contributed by atoms with Gasteiger partial charge in [-0.15, -0.1) is 0 Å². The van der Waals surface area contributed by atoms with E-state index >= 15 is 0 Å². The number of carbonyl (C=O) groups is 1. The van der Waals surface area contributed by atoms with E-state index in [4.69, 9.17) is 5.26 Å². The zero-order valence-electron chi connectivity index (χ0n) is 11.9. The van der Waals surface area contributed by atoms with Gasteiger partial charge in [0.2, 0.25) is 5.91 Å². The number of aromatic amines is 1. The number of hydrogen-bond donors (Lipinski definition) is 1. The summed E-state index contributed by atoms with van der Waals surface area (Å²) in [5.74, 6) is 0.0815. The molecule has 1 aromatic carbocycles. The second-order valence-electron chi connectivity index (χ2n) is 5.08. The molecule has 4 heteroatoms. The monoisotopic (exact) mass is 269 g/mol. The fraction of sp³-hybridized carbons (Fsp3) is 0.375. The van der Waals surface area contributed by atoms with Crippen molar-refractivity contribution < 1.29 is 4.79 Å². The molecule has 1 amide bonds. The van der Waals surface area contributed by atoms with Gasteiger partial charge in [-0.1, -0.05) is 18.2 Å². The van der Waals surface area contributed by atoms with E-state index in [1.807, 2.05) is 31.3 Å². The third-order valence-electron chi connectivity index (χ3n) is 3.72. The van der Waals surface area contributed by atoms with Gasteiger partial charge in [-0.25, -0.2) is 0 Å². The maximum atomic E-state index is 12.1. The Kier molecular flexibility index (Phi) is 4.41. The molecule has 4 nitrogen and oxygen atoms in total. The average Bonchev–Trinajstić information content (AvgIpc) is 2.87. The molecule has 0 bridgehead atoms. The van der Waals surface area contributed by atoms with Crippen LogP contribution in [-0.2, 0) is 11.2 Å². The quantitative estimate of drug-likeness (QED) is 0.907. The Balaban J connectivity index is 1.98. The number of rotatable bonds is 5. The maximum absolute atomic E-state index is 12.1. The van der Waals surface area contributed by atoms with Crippen molar-refractivity contribution >= 4 is 16.8 Å². The molecule has 20 heavy (non-hydrogen) atoms. The van der Waals surface area contributed by atoms with E-state index in [-0.39, 0.29) is 11.9 Å². The van der Waals surface area contributed by atoms with Gasteiger partial charge in [0.15, 0.2) is 0 Å². The number of hydrogen-bond acceptors (Lipinski definition) is 2. The van der Waals surface area contributed by atoms with Crippen molar-refractivity contribution in [3.05, 3.63) is 36.0 Å². The highest BCUT2D eigenvalue weighted by molar-refractivity contribution is 5.84. The molecule has 1 atom stereocenters. The van der Waals surface area contributed by atoms with Crippen LogP contribution >= 0.6 is 0 Å². The maximum Gasteiger partial charge on any atom is 0.222 e. The van der Waals surface area contributed by atoms with Crippen LogP contribution in [0.2, 0.25) is 0 Å². The Hall–Kier alpha value is -2.28. The van der Waals surface area contributed by atoms with Gasteiger partial charge < -0.3 is 9.88 Å². The Morgan fingerprint density at radius 1 is 1.45 bits per heavy atom. The average molecular weight is 269 g/mol. The summed E-state index contributed by atoms with van der Waals surface area (Å²) in [7, 11) is 1.76. The molecule has 1 N–H and O–H groups in total. The summed E-state index contributed by atoms with van der Waals surface area (Å²) < 4.78 is 0. The number of nitrogens with zero attached hydrogens (tertiary/aromatic N) is 2. The highest BCUT2D eigenvalue weighted by Gasteiger charge is 2.15. The number of fused-ring (bicyclic) bond motifs is 1. The number of amides is 1. The molecule has 0 fully saturated rings. The van der Waals surface area contributed by atoms with Crippen LogP contribution in [0.5, 0.6) is 0 Å². The van der Waals surface area contributed by atoms with Crippen LogP contribution in [0.4, 0.5) is 0 Å². The molecule has 0 aliphatic rings. The predicted octanol–water partition coefficient (Wildman–Crippen LogP) is 2.86. The van der Waals surface area contributed by atoms with E-state index < -0.39 is 0 Å². The topological polar surface area (TPSA) is 59.9 Å². The first kappa shape index (κ1) is 14.1. The highest BCUT2D eigenvalue weighted by atomic mass is 16.2. The molecule has 0 saturated heterocycles. The van der Waals surface area contributed by atoms with Crippen LogP contribution in [0.1, 0.15) is 25.3 Å². The molecular weight excluding hydrogens is 250 g/mol. The van der Waals surface area contributed by atoms with Crippen LogP contribution < -0.4 is 0 Å². The lowest BCUT2D eigenvalue weighted by Crippen LogP contribution is -2.34. The summed E-state index contributed by atoms with van der Waals surface area (Å²) in [5, 5.41) is 9.85. The molecule has 2 aromatic rings. The summed E-state index contributed by atoms with van der Waals surface area (Å²) in [5.41, 5.74) is 2.26. The summed E-state index contributed by atoms with van der Waals surface area (Å²) in [4.78, 5) is 17.0. The Morgan fingerprint density at radius 2 is 2.20 bits per heavy atom. The lowest BCUT2D eigenvalue weighted by molar-refractivity contribution is -0.131. The second kappa shape index (κ2) is 6.25. The normalized spacial score (nSPS) is 12.1. The van der Waals surface area contributed by atoms with Crippen molar-refractivity contribution in [1.82, 2.24) is 9.88 Å². The number of para-hydroxylation sites is 1. The number of benzene rings is 1. The van der Waals surface area contributed by atoms with Gasteiger partial charge in [0, 0.05) is 36.6 Å². The van der Waals surface area contributed by atoms with Gasteiger partial charge in [-0.3, -0.25) is 4.79 Å². The van der Waals surface area contributed by atoms with Crippen LogP contribution in [-0.4, -0.2) is 28.9 Å². The Morgan fingerprint density at radius 3 is 2.95 bits per heavy atom. The summed E-state index contributed by atoms with van der Waals surface area (Å²) in [6.07, 6.45) is 3.52. The first-order valence-electron chi connectivity index (χ1n) is 6.81. The fourth-order valence-corrected chi connectivity index (χ4v) is 2.27. The lowest BCUT2D eigenvalue weighted by Gasteiger charge is -2.22. The van der Waals surface area contributed by atoms with Gasteiger partial charge in [0.1, 0.15) is 0 Å². The standard InChI is InChI=1S/C16H19N3O/c1-12(9-10-17)19(2)16(20)8-7-13-11-18-15-6-4-3-5-14(13)15/h3-6,11-12,18H,7-9H2,1-2H3. The third kappa shape index (κ3) is 3.00. The lowest BCUT2D eigenvalue weighted by atomic mass is 10.1. The van der Waals surface area contributed by atoms with Crippen molar-refractivity contribution in [3.63, 3.8) is 0 Å². The van der Waals surface area contributed by atoms with Crippen LogP contribution in [0.3, 0.4) is 0 Å². The van der Waals surface area contributed by atoms with Gasteiger partial charge in [-0.05, 0) is 25.0 Å². The minimum atomic E-state index is -0.0320. The fourth-order valence-electron chi connectivity index (χ4n) is 2.27. The number of aromatic nitrogens is 1. The van der Waals surface area contributed by atoms with Crippen molar-refractivity contribution in [2.45, 2.75) is 32.2 Å². The Labute approximate surface area is 119 Å². The molecule has 2 rings (SSSR count). The first-order chi connectivity index (χ1) is 9.63. The van der Waals surface area contributed by atoms with Gasteiger partial charge in [0.25, 0.3) is 0 Å². The Bertz CT molecular complexity index is 638. The molecule has 0 saturated carbocycles. The summed E-state index contributed by atoms with van der Waals surface area (Å²) in [6.45, 7) is 1.90. The molecule has 104 valence electrons. The SMILES string of the molecule is CC(CC#N)N(C)C(=O)CCc1c[nH]c2ccccc12. The number of aryl methyl sites for hydroxylation is 1. The minimum absolute atomic E-state index is 0.0320. The van der Waals surface area contributed by atoms with E-state index in [2.05, 4.69) is 17.1 Å². The molecule has 1 aromatic heterocycles. The van der Waals surface area contributed by atoms with Crippen molar-refractivity contribution in [1.29, 1.82) is 5.26 Å². The predicted molar refractivity (Wildman–Crippen MR) is 79.1 cm³/mol. The van der Waals surface area contributed by atoms with E-state index in [1.54, 1.807) is 11.9 Å². The smallest absolute Gasteiger partial charge is 0.222 e. The van der Waals surface area contributed by atoms with Crippen LogP contribution in [0, 0.1) is 11.3 Å². The van der Waals surface area contributed by atoms with E-state index in [9.17, 15) is 4.79 Å². The third-order valence-corrected chi connectivity index (χ3v) is 3.72. The van der Waals surface area contributed by atoms with E-state index in [0.717, 1.165) is 11.1 Å². The summed E-state index contributed by atoms with van der Waals surface area (Å²) in [6, 6.07) is 10.2. The van der Waals surface area contributed by atoms with Crippen LogP contribution in [0.25, 0.3) is 10.9 Å². The molecule has 1 unspecified atom stereocenters. The zero-order valence-corrected chi connectivity index (χ0v) is 11.9. The second-order valence-corrected chi connectivity index (χ2v) is 5.08. The number of nitrogens with one attached hydrogen (secondary N) is 1. The molecule has 0 aliphatic carbocycles. The van der Waals surface area contributed by atoms with Crippen molar-refractivity contribution in [3.8, 4) is 6.07 Å². The number of carbonyl (C=O) groups excluding carboxylic acids is 1. The van der Waals surface area contributed by atoms with E-state index in [0.29, 0.717) is 19.3 Å².